The van der Waals surface area contributed by atoms with Crippen LogP contribution in [-0.4, -0.2) is 63.9 Å². The monoisotopic (exact) mass is 426 g/mol. The topological polar surface area (TPSA) is 76.2 Å². The fourth-order valence-electron chi connectivity index (χ4n) is 3.07. The summed E-state index contributed by atoms with van der Waals surface area (Å²) in [5, 5.41) is 0. The summed E-state index contributed by atoms with van der Waals surface area (Å²) in [6, 6.07) is 7.41. The smallest absolute Gasteiger partial charge is 0.254 e. The van der Waals surface area contributed by atoms with Crippen LogP contribution < -0.4 is 9.47 Å². The van der Waals surface area contributed by atoms with Gasteiger partial charge < -0.3 is 14.4 Å². The number of ether oxygens (including phenoxy) is 2. The van der Waals surface area contributed by atoms with Crippen LogP contribution in [0.15, 0.2) is 41.3 Å². The quantitative estimate of drug-likeness (QED) is 0.732. The van der Waals surface area contributed by atoms with Crippen molar-refractivity contribution >= 4 is 15.9 Å². The highest BCUT2D eigenvalue weighted by molar-refractivity contribution is 7.89. The van der Waals surface area contributed by atoms with Crippen LogP contribution in [0.1, 0.15) is 10.4 Å². The van der Waals surface area contributed by atoms with Crippen molar-refractivity contribution in [2.45, 2.75) is 4.90 Å². The van der Waals surface area contributed by atoms with Crippen molar-refractivity contribution in [3.05, 3.63) is 53.6 Å². The molecule has 3 rings (SSSR count). The lowest BCUT2D eigenvalue weighted by Crippen LogP contribution is -2.50. The van der Waals surface area contributed by atoms with Crippen molar-refractivity contribution < 1.29 is 31.5 Å². The molecule has 0 aromatic heterocycles. The van der Waals surface area contributed by atoms with Gasteiger partial charge in [-0.1, -0.05) is 0 Å². The fraction of sp³-hybridized carbons (Fsp3) is 0.316. The molecule has 0 bridgehead atoms. The molecule has 1 fully saturated rings. The van der Waals surface area contributed by atoms with Crippen molar-refractivity contribution in [2.75, 3.05) is 40.4 Å². The first kappa shape index (κ1) is 21.0. The maximum Gasteiger partial charge on any atom is 0.254 e. The van der Waals surface area contributed by atoms with Crippen molar-refractivity contribution in [1.82, 2.24) is 9.21 Å². The molecule has 156 valence electrons. The van der Waals surface area contributed by atoms with Crippen LogP contribution in [0.3, 0.4) is 0 Å². The van der Waals surface area contributed by atoms with Gasteiger partial charge in [0.05, 0.1) is 14.2 Å². The highest BCUT2D eigenvalue weighted by Gasteiger charge is 2.32. The minimum Gasteiger partial charge on any atom is -0.497 e. The molecule has 0 atom stereocenters. The van der Waals surface area contributed by atoms with Gasteiger partial charge >= 0.3 is 0 Å². The summed E-state index contributed by atoms with van der Waals surface area (Å²) in [4.78, 5) is 13.9. The fourth-order valence-corrected chi connectivity index (χ4v) is 4.66. The first-order valence-electron chi connectivity index (χ1n) is 8.74. The van der Waals surface area contributed by atoms with Crippen LogP contribution in [0, 0.1) is 11.6 Å². The second-order valence-electron chi connectivity index (χ2n) is 6.34. The number of carbonyl (C=O) groups excluding carboxylic acids is 1. The van der Waals surface area contributed by atoms with Gasteiger partial charge in [0.15, 0.2) is 11.6 Å². The molecule has 2 aromatic carbocycles. The molecule has 0 unspecified atom stereocenters. The van der Waals surface area contributed by atoms with E-state index in [-0.39, 0.29) is 42.4 Å². The van der Waals surface area contributed by atoms with E-state index < -0.39 is 27.6 Å². The predicted octanol–water partition coefficient (Wildman–Crippen LogP) is 2.13. The van der Waals surface area contributed by atoms with Crippen LogP contribution in [0.2, 0.25) is 0 Å². The lowest BCUT2D eigenvalue weighted by atomic mass is 10.1. The number of carbonyl (C=O) groups is 1. The molecule has 2 aromatic rings. The molecular formula is C19H20F2N2O5S. The van der Waals surface area contributed by atoms with E-state index >= 15 is 0 Å². The third-order valence-corrected chi connectivity index (χ3v) is 6.60. The van der Waals surface area contributed by atoms with E-state index in [0.29, 0.717) is 5.75 Å². The Kier molecular flexibility index (Phi) is 6.04. The molecule has 1 saturated heterocycles. The second kappa shape index (κ2) is 8.34. The Morgan fingerprint density at radius 2 is 1.62 bits per heavy atom. The Labute approximate surface area is 167 Å². The molecule has 7 nitrogen and oxygen atoms in total. The van der Waals surface area contributed by atoms with E-state index in [2.05, 4.69) is 0 Å². The summed E-state index contributed by atoms with van der Waals surface area (Å²) in [5.74, 6) is -2.07. The largest absolute Gasteiger partial charge is 0.497 e. The minimum absolute atomic E-state index is 0.00896. The van der Waals surface area contributed by atoms with Gasteiger partial charge in [-0.05, 0) is 30.3 Å². The summed E-state index contributed by atoms with van der Waals surface area (Å²) < 4.78 is 64.1. The molecule has 10 heteroatoms. The number of hydrogen-bond donors (Lipinski definition) is 0. The molecule has 1 aliphatic heterocycles. The molecule has 1 heterocycles. The highest BCUT2D eigenvalue weighted by Crippen LogP contribution is 2.31. The Bertz CT molecular complexity index is 1020. The van der Waals surface area contributed by atoms with Crippen LogP contribution in [0.25, 0.3) is 0 Å². The molecule has 0 saturated carbocycles. The number of methoxy groups -OCH3 is 2. The summed E-state index contributed by atoms with van der Waals surface area (Å²) in [6.45, 7) is 0.336. The SMILES string of the molecule is COc1ccc(OC)c(S(=O)(=O)N2CCN(C(=O)c3ccc(F)c(F)c3)CC2)c1. The number of nitrogens with zero attached hydrogens (tertiary/aromatic N) is 2. The number of benzene rings is 2. The van der Waals surface area contributed by atoms with Gasteiger partial charge in [0.25, 0.3) is 5.91 Å². The molecule has 0 N–H and O–H groups in total. The zero-order chi connectivity index (χ0) is 21.2. The second-order valence-corrected chi connectivity index (χ2v) is 8.25. The van der Waals surface area contributed by atoms with Crippen LogP contribution >= 0.6 is 0 Å². The first-order chi connectivity index (χ1) is 13.8. The molecule has 1 aliphatic rings. The van der Waals surface area contributed by atoms with Gasteiger partial charge in [0, 0.05) is 37.8 Å². The molecular weight excluding hydrogens is 406 g/mol. The van der Waals surface area contributed by atoms with Crippen molar-refractivity contribution in [1.29, 1.82) is 0 Å². The third kappa shape index (κ3) is 4.18. The third-order valence-electron chi connectivity index (χ3n) is 4.68. The van der Waals surface area contributed by atoms with Crippen LogP contribution in [-0.2, 0) is 10.0 Å². The maximum absolute atomic E-state index is 13.4. The van der Waals surface area contributed by atoms with Gasteiger partial charge in [-0.3, -0.25) is 4.79 Å². The number of hydrogen-bond acceptors (Lipinski definition) is 5. The lowest BCUT2D eigenvalue weighted by Gasteiger charge is -2.34. The number of halogens is 2. The number of piperazine rings is 1. The molecule has 0 radical (unpaired) electrons. The normalized spacial score (nSPS) is 15.2. The van der Waals surface area contributed by atoms with Gasteiger partial charge in [-0.15, -0.1) is 0 Å². The maximum atomic E-state index is 13.4. The van der Waals surface area contributed by atoms with Crippen molar-refractivity contribution in [2.24, 2.45) is 0 Å². The number of amides is 1. The van der Waals surface area contributed by atoms with Crippen LogP contribution in [0.5, 0.6) is 11.5 Å². The summed E-state index contributed by atoms with van der Waals surface area (Å²) >= 11 is 0. The Balaban J connectivity index is 1.76. The summed E-state index contributed by atoms with van der Waals surface area (Å²) in [7, 11) is -1.08. The summed E-state index contributed by atoms with van der Waals surface area (Å²) in [5.41, 5.74) is 0.00896. The molecule has 0 spiro atoms. The zero-order valence-corrected chi connectivity index (χ0v) is 16.7. The van der Waals surface area contributed by atoms with E-state index in [9.17, 15) is 22.0 Å². The van der Waals surface area contributed by atoms with E-state index in [4.69, 9.17) is 9.47 Å². The lowest BCUT2D eigenvalue weighted by molar-refractivity contribution is 0.0697. The summed E-state index contributed by atoms with van der Waals surface area (Å²) in [6.07, 6.45) is 0. The Hall–Kier alpha value is -2.72. The van der Waals surface area contributed by atoms with E-state index in [1.54, 1.807) is 6.07 Å². The van der Waals surface area contributed by atoms with E-state index in [0.717, 1.165) is 12.1 Å². The van der Waals surface area contributed by atoms with Crippen molar-refractivity contribution in [3.63, 3.8) is 0 Å². The number of rotatable bonds is 5. The number of sulfonamides is 1. The van der Waals surface area contributed by atoms with Gasteiger partial charge in [0.2, 0.25) is 10.0 Å². The molecule has 29 heavy (non-hydrogen) atoms. The highest BCUT2D eigenvalue weighted by atomic mass is 32.2. The predicted molar refractivity (Wildman–Crippen MR) is 101 cm³/mol. The van der Waals surface area contributed by atoms with Gasteiger partial charge in [-0.25, -0.2) is 17.2 Å². The molecule has 0 aliphatic carbocycles. The average Bonchev–Trinajstić information content (AvgIpc) is 2.74. The van der Waals surface area contributed by atoms with E-state index in [1.807, 2.05) is 0 Å². The van der Waals surface area contributed by atoms with Gasteiger partial charge in [0.1, 0.15) is 16.4 Å². The zero-order valence-electron chi connectivity index (χ0n) is 15.9. The first-order valence-corrected chi connectivity index (χ1v) is 10.2. The Morgan fingerprint density at radius 3 is 2.21 bits per heavy atom. The van der Waals surface area contributed by atoms with Gasteiger partial charge in [-0.2, -0.15) is 4.31 Å². The van der Waals surface area contributed by atoms with Crippen molar-refractivity contribution in [3.8, 4) is 11.5 Å². The Morgan fingerprint density at radius 1 is 0.931 bits per heavy atom. The van der Waals surface area contributed by atoms with Crippen LogP contribution in [0.4, 0.5) is 8.78 Å². The average molecular weight is 426 g/mol. The molecule has 1 amide bonds. The standard InChI is InChI=1S/C19H20F2N2O5S/c1-27-14-4-6-17(28-2)18(12-14)29(25,26)23-9-7-22(8-10-23)19(24)13-3-5-15(20)16(21)11-13/h3-6,11-12H,7-10H2,1-2H3. The minimum atomic E-state index is -3.88. The van der Waals surface area contributed by atoms with E-state index in [1.165, 1.54) is 41.6 Å².